The summed E-state index contributed by atoms with van der Waals surface area (Å²) in [6.07, 6.45) is 5.07. The summed E-state index contributed by atoms with van der Waals surface area (Å²) in [5, 5.41) is 11.4. The van der Waals surface area contributed by atoms with E-state index in [0.717, 1.165) is 16.1 Å². The molecule has 0 bridgehead atoms. The van der Waals surface area contributed by atoms with E-state index in [-0.39, 0.29) is 5.56 Å². The summed E-state index contributed by atoms with van der Waals surface area (Å²) in [6, 6.07) is 3.61. The number of fused-ring (bicyclic) bond motifs is 3. The normalized spacial score (nSPS) is 11.2. The molecule has 3 rings (SSSR count). The fourth-order valence-corrected chi connectivity index (χ4v) is 2.30. The maximum absolute atomic E-state index is 11.1. The van der Waals surface area contributed by atoms with Crippen molar-refractivity contribution in [1.82, 2.24) is 15.0 Å². The van der Waals surface area contributed by atoms with Crippen molar-refractivity contribution in [3.05, 3.63) is 30.1 Å². The number of carbonyl (C=O) groups is 1. The number of H-pyrrole nitrogens is 1. The Hall–Kier alpha value is -2.08. The van der Waals surface area contributed by atoms with Crippen LogP contribution >= 0.6 is 11.8 Å². The van der Waals surface area contributed by atoms with Gasteiger partial charge < -0.3 is 10.1 Å². The molecule has 0 saturated heterocycles. The van der Waals surface area contributed by atoms with Crippen molar-refractivity contribution in [2.45, 2.75) is 5.16 Å². The van der Waals surface area contributed by atoms with E-state index >= 15 is 0 Å². The van der Waals surface area contributed by atoms with Crippen LogP contribution in [0.3, 0.4) is 0 Å². The maximum atomic E-state index is 11.1. The third-order valence-electron chi connectivity index (χ3n) is 2.80. The molecule has 6 heteroatoms. The number of nitrogens with one attached hydrogen (secondary N) is 1. The molecule has 0 unspecified atom stereocenters. The first-order valence-corrected chi connectivity index (χ1v) is 6.47. The van der Waals surface area contributed by atoms with Crippen LogP contribution in [0.5, 0.6) is 0 Å². The van der Waals surface area contributed by atoms with Crippen molar-refractivity contribution in [3.8, 4) is 0 Å². The highest BCUT2D eigenvalue weighted by Gasteiger charge is 2.13. The zero-order valence-corrected chi connectivity index (χ0v) is 10.3. The second-order valence-corrected chi connectivity index (χ2v) is 4.59. The van der Waals surface area contributed by atoms with Crippen molar-refractivity contribution >= 4 is 39.5 Å². The first kappa shape index (κ1) is 11.0. The van der Waals surface area contributed by atoms with Gasteiger partial charge in [-0.2, -0.15) is 0 Å². The van der Waals surface area contributed by atoms with Gasteiger partial charge in [-0.15, -0.1) is 0 Å². The number of aromatic carboxylic acids is 1. The van der Waals surface area contributed by atoms with Crippen LogP contribution in [-0.4, -0.2) is 32.3 Å². The molecule has 3 aromatic rings. The molecular weight excluding hydrogens is 250 g/mol. The van der Waals surface area contributed by atoms with E-state index in [1.807, 2.05) is 12.3 Å². The molecule has 0 aliphatic carbocycles. The average Bonchev–Trinajstić information content (AvgIpc) is 2.82. The minimum atomic E-state index is -0.962. The van der Waals surface area contributed by atoms with E-state index in [2.05, 4.69) is 15.0 Å². The first-order chi connectivity index (χ1) is 8.70. The van der Waals surface area contributed by atoms with Gasteiger partial charge in [0.05, 0.1) is 16.6 Å². The van der Waals surface area contributed by atoms with Crippen LogP contribution < -0.4 is 0 Å². The topological polar surface area (TPSA) is 78.9 Å². The van der Waals surface area contributed by atoms with Gasteiger partial charge in [0.2, 0.25) is 0 Å². The quantitative estimate of drug-likeness (QED) is 0.546. The van der Waals surface area contributed by atoms with Gasteiger partial charge in [0.25, 0.3) is 0 Å². The molecule has 2 N–H and O–H groups in total. The molecule has 0 fully saturated rings. The van der Waals surface area contributed by atoms with Gasteiger partial charge in [0, 0.05) is 23.2 Å². The standard InChI is InChI=1S/C12H9N3O2S/c1-18-12-14-4-6-2-3-7-8(11(16)17)5-13-10(7)9(6)15-12/h2-5H,1H3,(H,14,15)(H,16,17). The summed E-state index contributed by atoms with van der Waals surface area (Å²) < 4.78 is 0. The number of hydrogen-bond acceptors (Lipinski definition) is 4. The van der Waals surface area contributed by atoms with Gasteiger partial charge in [-0.05, 0) is 6.26 Å². The van der Waals surface area contributed by atoms with Gasteiger partial charge in [-0.25, -0.2) is 9.78 Å². The number of aromatic nitrogens is 3. The molecule has 0 spiro atoms. The molecule has 0 aliphatic heterocycles. The Morgan fingerprint density at radius 3 is 2.89 bits per heavy atom. The lowest BCUT2D eigenvalue weighted by Gasteiger charge is -2.02. The number of benzene rings is 1. The number of aromatic amines is 1. The molecule has 0 radical (unpaired) electrons. The highest BCUT2D eigenvalue weighted by molar-refractivity contribution is 7.98. The van der Waals surface area contributed by atoms with Gasteiger partial charge in [-0.1, -0.05) is 23.9 Å². The van der Waals surface area contributed by atoms with Crippen molar-refractivity contribution in [2.24, 2.45) is 0 Å². The van der Waals surface area contributed by atoms with Crippen LogP contribution in [0.4, 0.5) is 0 Å². The lowest BCUT2D eigenvalue weighted by molar-refractivity contribution is 0.0699. The summed E-state index contributed by atoms with van der Waals surface area (Å²) in [4.78, 5) is 22.7. The zero-order chi connectivity index (χ0) is 12.7. The lowest BCUT2D eigenvalue weighted by Crippen LogP contribution is -1.93. The highest BCUT2D eigenvalue weighted by atomic mass is 32.2. The molecule has 0 saturated carbocycles. The van der Waals surface area contributed by atoms with Crippen LogP contribution in [0.1, 0.15) is 10.4 Å². The van der Waals surface area contributed by atoms with Crippen molar-refractivity contribution in [3.63, 3.8) is 0 Å². The van der Waals surface area contributed by atoms with Crippen molar-refractivity contribution in [2.75, 3.05) is 6.26 Å². The minimum Gasteiger partial charge on any atom is -0.478 e. The van der Waals surface area contributed by atoms with Gasteiger partial charge in [-0.3, -0.25) is 4.98 Å². The van der Waals surface area contributed by atoms with Gasteiger partial charge >= 0.3 is 5.97 Å². The Morgan fingerprint density at radius 1 is 1.33 bits per heavy atom. The fourth-order valence-electron chi connectivity index (χ4n) is 1.94. The highest BCUT2D eigenvalue weighted by Crippen LogP contribution is 2.26. The largest absolute Gasteiger partial charge is 0.478 e. The Bertz CT molecular complexity index is 766. The van der Waals surface area contributed by atoms with Gasteiger partial charge in [0.15, 0.2) is 5.16 Å². The molecule has 2 heterocycles. The maximum Gasteiger partial charge on any atom is 0.337 e. The Labute approximate surface area is 106 Å². The summed E-state index contributed by atoms with van der Waals surface area (Å²) in [6.45, 7) is 0. The van der Waals surface area contributed by atoms with Crippen LogP contribution in [-0.2, 0) is 0 Å². The van der Waals surface area contributed by atoms with Crippen molar-refractivity contribution in [1.29, 1.82) is 0 Å². The van der Waals surface area contributed by atoms with E-state index in [0.29, 0.717) is 10.9 Å². The van der Waals surface area contributed by atoms with Gasteiger partial charge in [0.1, 0.15) is 0 Å². The van der Waals surface area contributed by atoms with Crippen LogP contribution in [0.15, 0.2) is 29.7 Å². The van der Waals surface area contributed by atoms with E-state index in [1.165, 1.54) is 18.0 Å². The third-order valence-corrected chi connectivity index (χ3v) is 3.39. The Morgan fingerprint density at radius 2 is 2.17 bits per heavy atom. The van der Waals surface area contributed by atoms with Crippen molar-refractivity contribution < 1.29 is 9.90 Å². The predicted octanol–water partition coefficient (Wildman–Crippen LogP) is 2.53. The van der Waals surface area contributed by atoms with E-state index in [1.54, 1.807) is 12.3 Å². The molecule has 90 valence electrons. The second-order valence-electron chi connectivity index (χ2n) is 3.80. The number of carboxylic acid groups (broad SMARTS) is 1. The van der Waals surface area contributed by atoms with E-state index < -0.39 is 5.97 Å². The number of nitrogens with zero attached hydrogens (tertiary/aromatic N) is 2. The lowest BCUT2D eigenvalue weighted by atomic mass is 10.1. The molecule has 18 heavy (non-hydrogen) atoms. The molecule has 0 aliphatic rings. The minimum absolute atomic E-state index is 0.225. The van der Waals surface area contributed by atoms with Crippen LogP contribution in [0, 0.1) is 0 Å². The molecule has 2 aromatic heterocycles. The summed E-state index contributed by atoms with van der Waals surface area (Å²) in [5.74, 6) is -0.962. The summed E-state index contributed by atoms with van der Waals surface area (Å²) in [5.41, 5.74) is 1.71. The monoisotopic (exact) mass is 259 g/mol. The van der Waals surface area contributed by atoms with E-state index in [4.69, 9.17) is 5.11 Å². The summed E-state index contributed by atoms with van der Waals surface area (Å²) >= 11 is 1.49. The number of carboxylic acids is 1. The number of rotatable bonds is 2. The third kappa shape index (κ3) is 1.53. The average molecular weight is 259 g/mol. The molecular formula is C12H9N3O2S. The van der Waals surface area contributed by atoms with E-state index in [9.17, 15) is 4.79 Å². The summed E-state index contributed by atoms with van der Waals surface area (Å²) in [7, 11) is 0. The molecule has 5 nitrogen and oxygen atoms in total. The zero-order valence-electron chi connectivity index (χ0n) is 9.47. The Balaban J connectivity index is 2.41. The number of hydrogen-bond donors (Lipinski definition) is 2. The second kappa shape index (κ2) is 3.99. The number of thioether (sulfide) groups is 1. The van der Waals surface area contributed by atoms with Crippen LogP contribution in [0.25, 0.3) is 21.8 Å². The fraction of sp³-hybridized carbons (Fsp3) is 0.0833. The molecule has 0 atom stereocenters. The SMILES string of the molecule is CSc1ncc2ccc3c(C(=O)O)cnc3c2[nH]1. The first-order valence-electron chi connectivity index (χ1n) is 5.24. The predicted molar refractivity (Wildman–Crippen MR) is 70.1 cm³/mol. The van der Waals surface area contributed by atoms with Crippen LogP contribution in [0.2, 0.25) is 0 Å². The molecule has 0 amide bonds. The smallest absolute Gasteiger partial charge is 0.337 e. The molecule has 1 aromatic carbocycles. The Kier molecular flexibility index (Phi) is 2.45.